The van der Waals surface area contributed by atoms with Gasteiger partial charge in [-0.15, -0.1) is 0 Å². The lowest BCUT2D eigenvalue weighted by Gasteiger charge is -2.23. The second-order valence-corrected chi connectivity index (χ2v) is 5.06. The molecular formula is C14H22ClNO2. The Labute approximate surface area is 114 Å². The molecule has 1 rings (SSSR count). The highest BCUT2D eigenvalue weighted by molar-refractivity contribution is 6.32. The van der Waals surface area contributed by atoms with Crippen LogP contribution in [0.15, 0.2) is 12.1 Å². The Morgan fingerprint density at radius 3 is 2.22 bits per heavy atom. The third-order valence-electron chi connectivity index (χ3n) is 3.19. The Morgan fingerprint density at radius 2 is 1.78 bits per heavy atom. The molecule has 1 aromatic carbocycles. The van der Waals surface area contributed by atoms with E-state index in [0.29, 0.717) is 29.2 Å². The van der Waals surface area contributed by atoms with E-state index in [0.717, 1.165) is 17.7 Å². The number of hydrogen-bond donors (Lipinski definition) is 1. The number of benzene rings is 1. The highest BCUT2D eigenvalue weighted by Gasteiger charge is 2.21. The Morgan fingerprint density at radius 1 is 1.17 bits per heavy atom. The first kappa shape index (κ1) is 15.1. The molecule has 2 N–H and O–H groups in total. The summed E-state index contributed by atoms with van der Waals surface area (Å²) in [7, 11) is 3.27. The fraction of sp³-hybridized carbons (Fsp3) is 0.571. The molecule has 4 heteroatoms. The molecule has 0 heterocycles. The molecule has 0 amide bonds. The first-order chi connectivity index (χ1) is 8.54. The molecule has 1 unspecified atom stereocenters. The van der Waals surface area contributed by atoms with Crippen LogP contribution in [0.4, 0.5) is 0 Å². The molecule has 18 heavy (non-hydrogen) atoms. The first-order valence-corrected chi connectivity index (χ1v) is 6.54. The van der Waals surface area contributed by atoms with Gasteiger partial charge in [0.25, 0.3) is 0 Å². The van der Waals surface area contributed by atoms with E-state index in [1.54, 1.807) is 14.2 Å². The number of methoxy groups -OCH3 is 2. The fourth-order valence-corrected chi connectivity index (χ4v) is 2.43. The first-order valence-electron chi connectivity index (χ1n) is 6.16. The molecule has 0 saturated carbocycles. The van der Waals surface area contributed by atoms with Crippen LogP contribution in [-0.4, -0.2) is 20.8 Å². The van der Waals surface area contributed by atoms with Crippen molar-refractivity contribution in [2.75, 3.05) is 20.8 Å². The second kappa shape index (κ2) is 6.86. The lowest BCUT2D eigenvalue weighted by Crippen LogP contribution is -2.14. The normalized spacial score (nSPS) is 12.6. The molecule has 1 aromatic rings. The van der Waals surface area contributed by atoms with Crippen molar-refractivity contribution >= 4 is 11.6 Å². The van der Waals surface area contributed by atoms with E-state index in [-0.39, 0.29) is 0 Å². The summed E-state index contributed by atoms with van der Waals surface area (Å²) >= 11 is 6.11. The zero-order valence-corrected chi connectivity index (χ0v) is 12.3. The van der Waals surface area contributed by atoms with E-state index in [1.165, 1.54) is 0 Å². The van der Waals surface area contributed by atoms with Crippen molar-refractivity contribution in [2.24, 2.45) is 11.7 Å². The molecule has 0 spiro atoms. The van der Waals surface area contributed by atoms with Crippen LogP contribution in [0, 0.1) is 5.92 Å². The van der Waals surface area contributed by atoms with Crippen LogP contribution in [0.2, 0.25) is 5.02 Å². The largest absolute Gasteiger partial charge is 0.496 e. The van der Waals surface area contributed by atoms with Crippen LogP contribution < -0.4 is 15.2 Å². The molecule has 0 radical (unpaired) electrons. The van der Waals surface area contributed by atoms with Crippen molar-refractivity contribution < 1.29 is 9.47 Å². The Balaban J connectivity index is 3.25. The summed E-state index contributed by atoms with van der Waals surface area (Å²) in [5.41, 5.74) is 6.81. The summed E-state index contributed by atoms with van der Waals surface area (Å²) in [6.07, 6.45) is 0.915. The van der Waals surface area contributed by atoms with Gasteiger partial charge in [0, 0.05) is 11.6 Å². The third kappa shape index (κ3) is 3.30. The summed E-state index contributed by atoms with van der Waals surface area (Å²) in [6.45, 7) is 5.01. The van der Waals surface area contributed by atoms with Crippen molar-refractivity contribution in [3.8, 4) is 11.5 Å². The predicted octanol–water partition coefficient (Wildman–Crippen LogP) is 3.45. The summed E-state index contributed by atoms with van der Waals surface area (Å²) in [5.74, 6) is 2.30. The van der Waals surface area contributed by atoms with Crippen molar-refractivity contribution in [1.29, 1.82) is 0 Å². The lowest BCUT2D eigenvalue weighted by atomic mass is 9.85. The van der Waals surface area contributed by atoms with Crippen LogP contribution in [0.1, 0.15) is 31.7 Å². The van der Waals surface area contributed by atoms with Crippen molar-refractivity contribution in [3.05, 3.63) is 22.7 Å². The van der Waals surface area contributed by atoms with Gasteiger partial charge in [-0.3, -0.25) is 0 Å². The number of nitrogens with two attached hydrogens (primary N) is 1. The Bertz CT molecular complexity index is 394. The molecular weight excluding hydrogens is 250 g/mol. The molecule has 102 valence electrons. The van der Waals surface area contributed by atoms with Gasteiger partial charge in [-0.2, -0.15) is 0 Å². The van der Waals surface area contributed by atoms with Gasteiger partial charge >= 0.3 is 0 Å². The minimum atomic E-state index is 0.344. The molecule has 1 atom stereocenters. The van der Waals surface area contributed by atoms with E-state index in [1.807, 2.05) is 12.1 Å². The maximum absolute atomic E-state index is 6.11. The highest BCUT2D eigenvalue weighted by atomic mass is 35.5. The zero-order valence-electron chi connectivity index (χ0n) is 11.5. The molecule has 0 aromatic heterocycles. The SMILES string of the molecule is COc1cc(C(CCN)C(C)C)c(OC)cc1Cl. The Kier molecular flexibility index (Phi) is 5.76. The fourth-order valence-electron chi connectivity index (χ4n) is 2.20. The number of ether oxygens (including phenoxy) is 2. The molecule has 0 fully saturated rings. The smallest absolute Gasteiger partial charge is 0.138 e. The monoisotopic (exact) mass is 271 g/mol. The number of hydrogen-bond acceptors (Lipinski definition) is 3. The van der Waals surface area contributed by atoms with Gasteiger partial charge in [-0.25, -0.2) is 0 Å². The highest BCUT2D eigenvalue weighted by Crippen LogP contribution is 2.40. The van der Waals surface area contributed by atoms with E-state index < -0.39 is 0 Å². The minimum Gasteiger partial charge on any atom is -0.496 e. The van der Waals surface area contributed by atoms with E-state index in [4.69, 9.17) is 26.8 Å². The topological polar surface area (TPSA) is 44.5 Å². The van der Waals surface area contributed by atoms with E-state index in [9.17, 15) is 0 Å². The molecule has 0 aliphatic rings. The summed E-state index contributed by atoms with van der Waals surface area (Å²) < 4.78 is 10.7. The van der Waals surface area contributed by atoms with Gasteiger partial charge in [0.2, 0.25) is 0 Å². The van der Waals surface area contributed by atoms with Crippen LogP contribution in [-0.2, 0) is 0 Å². The average Bonchev–Trinajstić information content (AvgIpc) is 2.35. The van der Waals surface area contributed by atoms with Gasteiger partial charge < -0.3 is 15.2 Å². The number of rotatable bonds is 6. The predicted molar refractivity (Wildman–Crippen MR) is 75.8 cm³/mol. The van der Waals surface area contributed by atoms with E-state index >= 15 is 0 Å². The van der Waals surface area contributed by atoms with Crippen LogP contribution >= 0.6 is 11.6 Å². The van der Waals surface area contributed by atoms with Crippen molar-refractivity contribution in [1.82, 2.24) is 0 Å². The van der Waals surface area contributed by atoms with E-state index in [2.05, 4.69) is 13.8 Å². The van der Waals surface area contributed by atoms with Crippen LogP contribution in [0.3, 0.4) is 0 Å². The van der Waals surface area contributed by atoms with Crippen LogP contribution in [0.5, 0.6) is 11.5 Å². The molecule has 3 nitrogen and oxygen atoms in total. The summed E-state index contributed by atoms with van der Waals surface area (Å²) in [6, 6.07) is 3.77. The van der Waals surface area contributed by atoms with Gasteiger partial charge in [0.1, 0.15) is 11.5 Å². The molecule has 0 saturated heterocycles. The maximum Gasteiger partial charge on any atom is 0.138 e. The summed E-state index contributed by atoms with van der Waals surface area (Å²) in [5, 5.41) is 0.563. The van der Waals surface area contributed by atoms with Crippen LogP contribution in [0.25, 0.3) is 0 Å². The number of halogens is 1. The average molecular weight is 272 g/mol. The van der Waals surface area contributed by atoms with Gasteiger partial charge in [-0.05, 0) is 30.9 Å². The molecule has 0 aliphatic heterocycles. The molecule has 0 bridgehead atoms. The van der Waals surface area contributed by atoms with Crippen molar-refractivity contribution in [3.63, 3.8) is 0 Å². The quantitative estimate of drug-likeness (QED) is 0.862. The standard InChI is InChI=1S/C14H22ClNO2/c1-9(2)10(5-6-16)11-7-14(18-4)12(15)8-13(11)17-3/h7-10H,5-6,16H2,1-4H3. The third-order valence-corrected chi connectivity index (χ3v) is 3.48. The van der Waals surface area contributed by atoms with Gasteiger partial charge in [-0.1, -0.05) is 25.4 Å². The van der Waals surface area contributed by atoms with Crippen molar-refractivity contribution in [2.45, 2.75) is 26.2 Å². The van der Waals surface area contributed by atoms with Gasteiger partial charge in [0.05, 0.1) is 19.2 Å². The minimum absolute atomic E-state index is 0.344. The summed E-state index contributed by atoms with van der Waals surface area (Å²) in [4.78, 5) is 0. The lowest BCUT2D eigenvalue weighted by molar-refractivity contribution is 0.382. The van der Waals surface area contributed by atoms with Gasteiger partial charge in [0.15, 0.2) is 0 Å². The zero-order chi connectivity index (χ0) is 13.7. The maximum atomic E-state index is 6.11. The Hall–Kier alpha value is -0.930. The molecule has 0 aliphatic carbocycles. The second-order valence-electron chi connectivity index (χ2n) is 4.66.